The molecule has 5 atom stereocenters. The molecule has 4 rings (SSSR count). The molecule has 0 amide bonds. The largest absolute Gasteiger partial charge is 0.507 e. The lowest BCUT2D eigenvalue weighted by atomic mass is 9.79. The van der Waals surface area contributed by atoms with Crippen LogP contribution < -0.4 is 4.74 Å². The zero-order valence-electron chi connectivity index (χ0n) is 18.2. The van der Waals surface area contributed by atoms with Gasteiger partial charge in [-0.25, -0.2) is 4.79 Å². The van der Waals surface area contributed by atoms with Crippen LogP contribution in [0.25, 0.3) is 0 Å². The first kappa shape index (κ1) is 25.2. The number of ether oxygens (including phenoxy) is 2. The van der Waals surface area contributed by atoms with Gasteiger partial charge in [-0.2, -0.15) is 0 Å². The number of phenols is 4. The number of aromatic carboxylic acids is 1. The fourth-order valence-corrected chi connectivity index (χ4v) is 4.32. The maximum absolute atomic E-state index is 13.3. The van der Waals surface area contributed by atoms with Crippen LogP contribution in [0.1, 0.15) is 47.8 Å². The van der Waals surface area contributed by atoms with Crippen LogP contribution >= 0.6 is 0 Å². The predicted molar refractivity (Wildman–Crippen MR) is 112 cm³/mol. The molecule has 1 heterocycles. The molecule has 1 fully saturated rings. The quantitative estimate of drug-likeness (QED) is 0.143. The molecule has 0 unspecified atom stereocenters. The Balaban J connectivity index is 1.88. The summed E-state index contributed by atoms with van der Waals surface area (Å²) in [6, 6.07) is 0.709. The van der Waals surface area contributed by atoms with Gasteiger partial charge in [-0.15, -0.1) is 0 Å². The second-order valence-corrected chi connectivity index (χ2v) is 8.22. The zero-order valence-corrected chi connectivity index (χ0v) is 18.2. The average molecular weight is 508 g/mol. The number of aliphatic hydroxyl groups is 4. The molecule has 192 valence electrons. The molecule has 0 radical (unpaired) electrons. The molecule has 2 aliphatic rings. The molecular formula is C22H20O14. The van der Waals surface area contributed by atoms with Crippen molar-refractivity contribution in [3.8, 4) is 28.7 Å². The molecule has 1 aliphatic heterocycles. The summed E-state index contributed by atoms with van der Waals surface area (Å²) < 4.78 is 10.3. The molecule has 0 aromatic heterocycles. The van der Waals surface area contributed by atoms with E-state index in [9.17, 15) is 60.3 Å². The lowest BCUT2D eigenvalue weighted by Crippen LogP contribution is -2.60. The molecule has 0 spiro atoms. The first-order chi connectivity index (χ1) is 16.8. The van der Waals surface area contributed by atoms with Crippen molar-refractivity contribution >= 4 is 17.5 Å². The highest BCUT2D eigenvalue weighted by molar-refractivity contribution is 6.32. The number of carbonyl (C=O) groups excluding carboxylic acids is 2. The summed E-state index contributed by atoms with van der Waals surface area (Å²) in [6.07, 6.45) is -9.06. The molecule has 1 saturated heterocycles. The van der Waals surface area contributed by atoms with Crippen LogP contribution in [0.3, 0.4) is 0 Å². The second-order valence-electron chi connectivity index (χ2n) is 8.22. The monoisotopic (exact) mass is 508 g/mol. The minimum absolute atomic E-state index is 0.315. The average Bonchev–Trinajstić information content (AvgIpc) is 2.81. The molecule has 2 aromatic rings. The Morgan fingerprint density at radius 3 is 2.11 bits per heavy atom. The minimum Gasteiger partial charge on any atom is -0.507 e. The van der Waals surface area contributed by atoms with E-state index in [4.69, 9.17) is 9.47 Å². The molecule has 14 heteroatoms. The predicted octanol–water partition coefficient (Wildman–Crippen LogP) is -1.53. The van der Waals surface area contributed by atoms with Crippen LogP contribution in [0.15, 0.2) is 6.07 Å². The van der Waals surface area contributed by atoms with E-state index in [2.05, 4.69) is 0 Å². The standard InChI is InChI=1S/C22H20O14/c1-4-8-5(2-6(24)9(4)21(33)34)12(25)10-11(14(8)27)16(29)20(18(31)15(10)28)36-22-19(32)17(30)13(26)7(3-23)35-22/h2,7,13,17,19,22-24,26,28-32H,3H2,1H3,(H,33,34)/t7-,13-,17+,19-,22-/m1/s1. The van der Waals surface area contributed by atoms with Gasteiger partial charge in [-0.05, 0) is 18.6 Å². The Morgan fingerprint density at radius 1 is 0.917 bits per heavy atom. The normalized spacial score (nSPS) is 25.3. The van der Waals surface area contributed by atoms with Crippen LogP contribution in [0, 0.1) is 6.92 Å². The third-order valence-electron chi connectivity index (χ3n) is 6.16. The number of carbonyl (C=O) groups is 3. The molecule has 9 N–H and O–H groups in total. The third-order valence-corrected chi connectivity index (χ3v) is 6.16. The summed E-state index contributed by atoms with van der Waals surface area (Å²) in [4.78, 5) is 38.0. The summed E-state index contributed by atoms with van der Waals surface area (Å²) in [6.45, 7) is 0.306. The van der Waals surface area contributed by atoms with Crippen molar-refractivity contribution in [3.63, 3.8) is 0 Å². The fourth-order valence-electron chi connectivity index (χ4n) is 4.32. The topological polar surface area (TPSA) is 252 Å². The maximum atomic E-state index is 13.3. The number of rotatable bonds is 4. The van der Waals surface area contributed by atoms with Gasteiger partial charge in [0.15, 0.2) is 23.1 Å². The lowest BCUT2D eigenvalue weighted by molar-refractivity contribution is -0.277. The van der Waals surface area contributed by atoms with E-state index in [1.807, 2.05) is 0 Å². The number of ketones is 2. The van der Waals surface area contributed by atoms with Gasteiger partial charge in [-0.1, -0.05) is 0 Å². The summed E-state index contributed by atoms with van der Waals surface area (Å²) in [5, 5.41) is 90.5. The van der Waals surface area contributed by atoms with Crippen LogP contribution in [-0.4, -0.2) is 101 Å². The summed E-state index contributed by atoms with van der Waals surface area (Å²) >= 11 is 0. The zero-order chi connectivity index (χ0) is 26.8. The number of hydrogen-bond donors (Lipinski definition) is 9. The van der Waals surface area contributed by atoms with Gasteiger partial charge in [0.05, 0.1) is 17.7 Å². The molecule has 2 aromatic carbocycles. The summed E-state index contributed by atoms with van der Waals surface area (Å²) in [5.41, 5.74) is -3.74. The number of benzene rings is 2. The smallest absolute Gasteiger partial charge is 0.339 e. The van der Waals surface area contributed by atoms with E-state index in [1.54, 1.807) is 0 Å². The number of fused-ring (bicyclic) bond motifs is 2. The lowest BCUT2D eigenvalue weighted by Gasteiger charge is -2.39. The van der Waals surface area contributed by atoms with E-state index < -0.39 is 111 Å². The summed E-state index contributed by atoms with van der Waals surface area (Å²) in [5.74, 6) is -9.51. The van der Waals surface area contributed by atoms with E-state index in [0.717, 1.165) is 6.92 Å². The van der Waals surface area contributed by atoms with Gasteiger partial charge in [0, 0.05) is 11.1 Å². The highest BCUT2D eigenvalue weighted by Gasteiger charge is 2.47. The first-order valence-electron chi connectivity index (χ1n) is 10.3. The van der Waals surface area contributed by atoms with E-state index in [0.29, 0.717) is 6.07 Å². The molecule has 14 nitrogen and oxygen atoms in total. The van der Waals surface area contributed by atoms with Crippen molar-refractivity contribution in [2.75, 3.05) is 6.61 Å². The van der Waals surface area contributed by atoms with Gasteiger partial charge in [0.1, 0.15) is 35.7 Å². The second kappa shape index (κ2) is 8.61. The SMILES string of the molecule is Cc1c(C(=O)O)c(O)cc2c1C(=O)c1c(O)c(O[C@H]3O[C@H](CO)[C@@H](O)[C@H](O)[C@H]3O)c(O)c(O)c1C2=O. The van der Waals surface area contributed by atoms with Crippen LogP contribution in [0.2, 0.25) is 0 Å². The van der Waals surface area contributed by atoms with Crippen molar-refractivity contribution in [1.29, 1.82) is 0 Å². The fraction of sp³-hybridized carbons (Fsp3) is 0.318. The van der Waals surface area contributed by atoms with Crippen molar-refractivity contribution in [1.82, 2.24) is 0 Å². The van der Waals surface area contributed by atoms with Crippen molar-refractivity contribution in [2.45, 2.75) is 37.6 Å². The highest BCUT2D eigenvalue weighted by Crippen LogP contribution is 2.52. The Morgan fingerprint density at radius 2 is 1.53 bits per heavy atom. The number of aliphatic hydroxyl groups excluding tert-OH is 4. The van der Waals surface area contributed by atoms with Crippen molar-refractivity contribution < 1.29 is 69.8 Å². The van der Waals surface area contributed by atoms with Gasteiger partial charge in [0.2, 0.25) is 17.8 Å². The Bertz CT molecular complexity index is 1310. The Hall–Kier alpha value is -3.95. The third kappa shape index (κ3) is 3.42. The van der Waals surface area contributed by atoms with Crippen molar-refractivity contribution in [3.05, 3.63) is 39.4 Å². The summed E-state index contributed by atoms with van der Waals surface area (Å²) in [7, 11) is 0. The van der Waals surface area contributed by atoms with Gasteiger partial charge < -0.3 is 55.4 Å². The maximum Gasteiger partial charge on any atom is 0.339 e. The van der Waals surface area contributed by atoms with Gasteiger partial charge >= 0.3 is 5.97 Å². The van der Waals surface area contributed by atoms with Crippen molar-refractivity contribution in [2.24, 2.45) is 0 Å². The van der Waals surface area contributed by atoms with E-state index >= 15 is 0 Å². The molecule has 1 aliphatic carbocycles. The molecule has 0 bridgehead atoms. The highest BCUT2D eigenvalue weighted by atomic mass is 16.7. The number of aromatic hydroxyl groups is 4. The number of hydrogen-bond acceptors (Lipinski definition) is 13. The van der Waals surface area contributed by atoms with E-state index in [-0.39, 0.29) is 5.56 Å². The Labute approximate surface area is 200 Å². The molecule has 36 heavy (non-hydrogen) atoms. The molecule has 0 saturated carbocycles. The first-order valence-corrected chi connectivity index (χ1v) is 10.3. The van der Waals surface area contributed by atoms with Gasteiger partial charge in [-0.3, -0.25) is 9.59 Å². The number of phenolic OH excluding ortho intramolecular Hbond substituents is 3. The Kier molecular flexibility index (Phi) is 6.02. The van der Waals surface area contributed by atoms with Crippen LogP contribution in [-0.2, 0) is 4.74 Å². The number of carboxylic acids is 1. The minimum atomic E-state index is -2.00. The van der Waals surface area contributed by atoms with E-state index in [1.165, 1.54) is 0 Å². The van der Waals surface area contributed by atoms with Crippen LogP contribution in [0.4, 0.5) is 0 Å². The number of carboxylic acid groups (broad SMARTS) is 1. The van der Waals surface area contributed by atoms with Gasteiger partial charge in [0.25, 0.3) is 0 Å². The van der Waals surface area contributed by atoms with Crippen LogP contribution in [0.5, 0.6) is 28.7 Å². The molecular weight excluding hydrogens is 488 g/mol.